The summed E-state index contributed by atoms with van der Waals surface area (Å²) in [7, 11) is 0. The van der Waals surface area contributed by atoms with Gasteiger partial charge in [-0.2, -0.15) is 39.5 Å². The van der Waals surface area contributed by atoms with E-state index in [1.165, 1.54) is 4.90 Å². The van der Waals surface area contributed by atoms with Crippen molar-refractivity contribution < 1.29 is 49.0 Å². The molecule has 1 amide bonds. The van der Waals surface area contributed by atoms with E-state index in [0.717, 1.165) is 18.2 Å². The molecule has 0 saturated carbocycles. The Bertz CT molecular complexity index is 1160. The van der Waals surface area contributed by atoms with Crippen molar-refractivity contribution in [3.8, 4) is 0 Å². The lowest BCUT2D eigenvalue weighted by Gasteiger charge is -2.42. The highest BCUT2D eigenvalue weighted by Gasteiger charge is 2.43. The second kappa shape index (κ2) is 10.9. The van der Waals surface area contributed by atoms with Gasteiger partial charge in [-0.3, -0.25) is 4.90 Å². The molecule has 0 aromatic heterocycles. The van der Waals surface area contributed by atoms with Crippen molar-refractivity contribution in [2.24, 2.45) is 11.7 Å². The summed E-state index contributed by atoms with van der Waals surface area (Å²) in [5, 5.41) is 0. The van der Waals surface area contributed by atoms with Crippen molar-refractivity contribution in [2.45, 2.75) is 70.1 Å². The number of anilines is 1. The van der Waals surface area contributed by atoms with Crippen LogP contribution < -0.4 is 10.6 Å². The summed E-state index contributed by atoms with van der Waals surface area (Å²) >= 11 is 0. The van der Waals surface area contributed by atoms with E-state index in [0.29, 0.717) is 12.1 Å². The Morgan fingerprint density at radius 3 is 1.92 bits per heavy atom. The number of nitrogens with zero attached hydrogens (tertiary/aromatic N) is 1. The van der Waals surface area contributed by atoms with Crippen molar-refractivity contribution in [1.82, 2.24) is 0 Å². The van der Waals surface area contributed by atoms with Crippen LogP contribution >= 0.6 is 0 Å². The summed E-state index contributed by atoms with van der Waals surface area (Å²) < 4.78 is 127. The van der Waals surface area contributed by atoms with E-state index in [1.807, 2.05) is 0 Å². The molecule has 39 heavy (non-hydrogen) atoms. The number of amides is 1. The summed E-state index contributed by atoms with van der Waals surface area (Å²) in [6.45, 7) is 5.26. The number of hydrogen-bond acceptors (Lipinski definition) is 3. The lowest BCUT2D eigenvalue weighted by atomic mass is 9.77. The molecule has 1 aliphatic heterocycles. The lowest BCUT2D eigenvalue weighted by molar-refractivity contribution is -0.143. The topological polar surface area (TPSA) is 55.6 Å². The van der Waals surface area contributed by atoms with Crippen LogP contribution in [0.5, 0.6) is 0 Å². The predicted octanol–water partition coefficient (Wildman–Crippen LogP) is 8.31. The Morgan fingerprint density at radius 2 is 1.46 bits per heavy atom. The van der Waals surface area contributed by atoms with Crippen LogP contribution in [0, 0.1) is 5.92 Å². The molecule has 1 aliphatic rings. The van der Waals surface area contributed by atoms with Crippen LogP contribution in [-0.4, -0.2) is 18.7 Å². The number of rotatable bonds is 5. The molecule has 0 unspecified atom stereocenters. The molecule has 4 nitrogen and oxygen atoms in total. The van der Waals surface area contributed by atoms with Gasteiger partial charge in [0.2, 0.25) is 0 Å². The fraction of sp³-hybridized carbons (Fsp3) is 0.500. The average molecular weight is 570 g/mol. The summed E-state index contributed by atoms with van der Waals surface area (Å²) in [6, 6.07) is 1.16. The van der Waals surface area contributed by atoms with E-state index in [1.54, 1.807) is 20.8 Å². The molecule has 0 bridgehead atoms. The van der Waals surface area contributed by atoms with Crippen molar-refractivity contribution in [3.63, 3.8) is 0 Å². The number of carbonyl (C=O) groups is 1. The van der Waals surface area contributed by atoms with Crippen LogP contribution in [0.3, 0.4) is 0 Å². The lowest BCUT2D eigenvalue weighted by Crippen LogP contribution is -2.46. The first-order valence-electron chi connectivity index (χ1n) is 12.1. The molecule has 0 aliphatic carbocycles. The molecular weight excluding hydrogens is 543 g/mol. The number of alkyl halides is 9. The number of hydrogen-bond donors (Lipinski definition) is 1. The van der Waals surface area contributed by atoms with Crippen molar-refractivity contribution in [3.05, 3.63) is 64.2 Å². The van der Waals surface area contributed by atoms with Gasteiger partial charge < -0.3 is 10.5 Å². The van der Waals surface area contributed by atoms with Crippen LogP contribution in [0.1, 0.15) is 73.4 Å². The SMILES string of the molecule is CC[C@@H]1C[C@@H]([C@H](N)c2cc(C(F)(F)F)cc(C(F)(F)F)c2)c2cc(C(F)(F)F)ccc2N1C(=O)OCC(C)C. The molecule has 3 atom stereocenters. The van der Waals surface area contributed by atoms with Crippen LogP contribution in [0.2, 0.25) is 0 Å². The van der Waals surface area contributed by atoms with Gasteiger partial charge in [0, 0.05) is 18.0 Å². The Morgan fingerprint density at radius 1 is 0.923 bits per heavy atom. The minimum atomic E-state index is -5.13. The Labute approximate surface area is 218 Å². The third kappa shape index (κ3) is 6.79. The zero-order chi connectivity index (χ0) is 29.5. The minimum absolute atomic E-state index is 0.00155. The maximum atomic E-state index is 13.6. The molecule has 2 aromatic carbocycles. The molecule has 216 valence electrons. The van der Waals surface area contributed by atoms with Crippen LogP contribution in [0.15, 0.2) is 36.4 Å². The van der Waals surface area contributed by atoms with Gasteiger partial charge in [0.25, 0.3) is 0 Å². The molecule has 1 heterocycles. The van der Waals surface area contributed by atoms with Crippen LogP contribution in [-0.2, 0) is 23.3 Å². The first-order chi connectivity index (χ1) is 17.8. The van der Waals surface area contributed by atoms with E-state index in [2.05, 4.69) is 0 Å². The molecule has 2 N–H and O–H groups in total. The predicted molar refractivity (Wildman–Crippen MR) is 125 cm³/mol. The van der Waals surface area contributed by atoms with E-state index in [4.69, 9.17) is 10.5 Å². The van der Waals surface area contributed by atoms with E-state index in [9.17, 15) is 44.3 Å². The number of halogens is 9. The molecule has 0 saturated heterocycles. The molecule has 0 fully saturated rings. The monoisotopic (exact) mass is 570 g/mol. The maximum Gasteiger partial charge on any atom is 0.416 e. The Hall–Kier alpha value is -2.96. The second-order valence-electron chi connectivity index (χ2n) is 9.88. The quantitative estimate of drug-likeness (QED) is 0.368. The number of carbonyl (C=O) groups excluding carboxylic acids is 1. The summed E-state index contributed by atoms with van der Waals surface area (Å²) in [5.74, 6) is -1.19. The fourth-order valence-corrected chi connectivity index (χ4v) is 4.62. The molecular formula is C26H27F9N2O2. The highest BCUT2D eigenvalue weighted by molar-refractivity contribution is 5.90. The molecule has 3 rings (SSSR count). The standard InChI is InChI=1S/C26H27F9N2O2/c1-4-18-11-20(22(36)14-7-16(25(30,31)32)9-17(8-14)26(33,34)35)19-10-15(24(27,28)29)5-6-21(19)37(18)23(38)39-12-13(2)3/h5-10,13,18,20,22H,4,11-12,36H2,1-3H3/t18-,20-,22-/m1/s1. The van der Waals surface area contributed by atoms with E-state index >= 15 is 0 Å². The van der Waals surface area contributed by atoms with Crippen LogP contribution in [0.25, 0.3) is 0 Å². The summed E-state index contributed by atoms with van der Waals surface area (Å²) in [4.78, 5) is 14.1. The number of fused-ring (bicyclic) bond motifs is 1. The van der Waals surface area contributed by atoms with Gasteiger partial charge in [-0.05, 0) is 66.3 Å². The molecule has 0 spiro atoms. The van der Waals surface area contributed by atoms with Gasteiger partial charge in [-0.25, -0.2) is 4.79 Å². The highest BCUT2D eigenvalue weighted by atomic mass is 19.4. The first-order valence-corrected chi connectivity index (χ1v) is 12.1. The number of nitrogens with two attached hydrogens (primary N) is 1. The van der Waals surface area contributed by atoms with E-state index in [-0.39, 0.29) is 42.7 Å². The first kappa shape index (κ1) is 30.6. The highest BCUT2D eigenvalue weighted by Crippen LogP contribution is 2.48. The Balaban J connectivity index is 2.19. The third-order valence-electron chi connectivity index (χ3n) is 6.54. The smallest absolute Gasteiger partial charge is 0.416 e. The molecule has 13 heteroatoms. The van der Waals surface area contributed by atoms with Gasteiger partial charge >= 0.3 is 24.6 Å². The average Bonchev–Trinajstić information content (AvgIpc) is 2.83. The Kier molecular flexibility index (Phi) is 8.54. The minimum Gasteiger partial charge on any atom is -0.449 e. The van der Waals surface area contributed by atoms with Gasteiger partial charge in [0.05, 0.1) is 29.0 Å². The molecule has 0 radical (unpaired) electrons. The maximum absolute atomic E-state index is 13.6. The molecule has 2 aromatic rings. The van der Waals surface area contributed by atoms with Gasteiger partial charge in [-0.15, -0.1) is 0 Å². The van der Waals surface area contributed by atoms with Crippen molar-refractivity contribution >= 4 is 11.8 Å². The third-order valence-corrected chi connectivity index (χ3v) is 6.54. The summed E-state index contributed by atoms with van der Waals surface area (Å²) in [6.07, 6.45) is -15.8. The van der Waals surface area contributed by atoms with Crippen molar-refractivity contribution in [2.75, 3.05) is 11.5 Å². The number of benzene rings is 2. The summed E-state index contributed by atoms with van der Waals surface area (Å²) in [5.41, 5.74) is 1.29. The van der Waals surface area contributed by atoms with Gasteiger partial charge in [0.15, 0.2) is 0 Å². The zero-order valence-corrected chi connectivity index (χ0v) is 21.1. The van der Waals surface area contributed by atoms with Crippen LogP contribution in [0.4, 0.5) is 50.0 Å². The fourth-order valence-electron chi connectivity index (χ4n) is 4.62. The zero-order valence-electron chi connectivity index (χ0n) is 21.1. The van der Waals surface area contributed by atoms with E-state index < -0.39 is 64.9 Å². The normalized spacial score (nSPS) is 19.2. The second-order valence-corrected chi connectivity index (χ2v) is 9.88. The number of ether oxygens (including phenoxy) is 1. The largest absolute Gasteiger partial charge is 0.449 e. The van der Waals surface area contributed by atoms with Crippen molar-refractivity contribution in [1.29, 1.82) is 0 Å². The van der Waals surface area contributed by atoms with Gasteiger partial charge in [0.1, 0.15) is 0 Å². The van der Waals surface area contributed by atoms with Gasteiger partial charge in [-0.1, -0.05) is 20.8 Å².